The summed E-state index contributed by atoms with van der Waals surface area (Å²) in [6.45, 7) is 8.00. The molecule has 0 aromatic heterocycles. The lowest BCUT2D eigenvalue weighted by Crippen LogP contribution is -2.49. The van der Waals surface area contributed by atoms with Crippen molar-refractivity contribution < 1.29 is 19.2 Å². The predicted octanol–water partition coefficient (Wildman–Crippen LogP) is 4.46. The summed E-state index contributed by atoms with van der Waals surface area (Å²) in [5.41, 5.74) is 2.45. The first-order valence-electron chi connectivity index (χ1n) is 14.4. The van der Waals surface area contributed by atoms with Crippen LogP contribution in [0.25, 0.3) is 0 Å². The van der Waals surface area contributed by atoms with Crippen LogP contribution >= 0.6 is 11.6 Å². The molecule has 0 N–H and O–H groups in total. The van der Waals surface area contributed by atoms with Gasteiger partial charge in [-0.05, 0) is 69.4 Å². The van der Waals surface area contributed by atoms with Crippen molar-refractivity contribution >= 4 is 40.9 Å². The zero-order valence-corrected chi connectivity index (χ0v) is 24.0. The van der Waals surface area contributed by atoms with Crippen LogP contribution in [0, 0.1) is 11.8 Å². The van der Waals surface area contributed by atoms with Gasteiger partial charge in [0.05, 0.1) is 29.3 Å². The van der Waals surface area contributed by atoms with Gasteiger partial charge >= 0.3 is 0 Å². The first kappa shape index (κ1) is 28.1. The minimum atomic E-state index is -0.291. The van der Waals surface area contributed by atoms with Gasteiger partial charge in [-0.25, -0.2) is 0 Å². The van der Waals surface area contributed by atoms with Crippen LogP contribution in [0.1, 0.15) is 65.8 Å². The van der Waals surface area contributed by atoms with Crippen LogP contribution in [0.3, 0.4) is 0 Å². The molecule has 2 aromatic rings. The molecule has 1 atom stereocenters. The van der Waals surface area contributed by atoms with Crippen molar-refractivity contribution in [2.24, 2.45) is 11.8 Å². The van der Waals surface area contributed by atoms with E-state index >= 15 is 0 Å². The third-order valence-corrected chi connectivity index (χ3v) is 8.83. The Kier molecular flexibility index (Phi) is 8.45. The molecule has 40 heavy (non-hydrogen) atoms. The van der Waals surface area contributed by atoms with Crippen molar-refractivity contribution in [2.75, 3.05) is 44.2 Å². The Labute approximate surface area is 240 Å². The highest BCUT2D eigenvalue weighted by molar-refractivity contribution is 6.30. The topological polar surface area (TPSA) is 81.2 Å². The Hall–Kier alpha value is -3.39. The largest absolute Gasteiger partial charge is 0.371 e. The molecule has 9 heteroatoms. The average Bonchev–Trinajstić information content (AvgIpc) is 3.23. The number of anilines is 1. The number of hydrogen-bond acceptors (Lipinski definition) is 5. The Bertz CT molecular complexity index is 1280. The number of fused-ring (bicyclic) bond motifs is 1. The zero-order valence-electron chi connectivity index (χ0n) is 23.3. The summed E-state index contributed by atoms with van der Waals surface area (Å²) in [6.07, 6.45) is 3.02. The van der Waals surface area contributed by atoms with E-state index in [0.29, 0.717) is 68.3 Å². The Morgan fingerprint density at radius 3 is 2.27 bits per heavy atom. The summed E-state index contributed by atoms with van der Waals surface area (Å²) in [5.74, 6) is -0.519. The fourth-order valence-corrected chi connectivity index (χ4v) is 6.42. The molecular weight excluding hydrogens is 528 g/mol. The Morgan fingerprint density at radius 1 is 0.900 bits per heavy atom. The molecule has 2 fully saturated rings. The van der Waals surface area contributed by atoms with E-state index in [0.717, 1.165) is 24.1 Å². The molecule has 3 heterocycles. The fraction of sp³-hybridized carbons (Fsp3) is 0.484. The number of amides is 4. The van der Waals surface area contributed by atoms with Gasteiger partial charge in [0.25, 0.3) is 11.8 Å². The van der Waals surface area contributed by atoms with Gasteiger partial charge in [-0.15, -0.1) is 0 Å². The lowest BCUT2D eigenvalue weighted by atomic mass is 9.91. The standard InChI is InChI=1S/C31H37ClN4O4/c1-3-33(4-2)29(38)23-7-6-16-35(20-23)28(37)22-14-17-34(18-15-22)26-9-5-8-25-27(26)31(40)36(30(25)39)19-21-10-12-24(32)13-11-21/h5,8-13,22-23H,3-4,6-7,14-20H2,1-2H3/t23-/m0/s1. The summed E-state index contributed by atoms with van der Waals surface area (Å²) in [5, 5.41) is 0.600. The number of hydrogen-bond donors (Lipinski definition) is 0. The quantitative estimate of drug-likeness (QED) is 0.464. The Balaban J connectivity index is 1.23. The predicted molar refractivity (Wildman–Crippen MR) is 154 cm³/mol. The van der Waals surface area contributed by atoms with Crippen LogP contribution in [0.4, 0.5) is 5.69 Å². The monoisotopic (exact) mass is 564 g/mol. The van der Waals surface area contributed by atoms with Gasteiger partial charge in [-0.3, -0.25) is 24.1 Å². The highest BCUT2D eigenvalue weighted by Gasteiger charge is 2.40. The summed E-state index contributed by atoms with van der Waals surface area (Å²) in [4.78, 5) is 60.2. The average molecular weight is 565 g/mol. The van der Waals surface area contributed by atoms with E-state index in [1.807, 2.05) is 47.9 Å². The molecule has 0 saturated carbocycles. The molecule has 212 valence electrons. The maximum absolute atomic E-state index is 13.5. The molecule has 0 unspecified atom stereocenters. The summed E-state index contributed by atoms with van der Waals surface area (Å²) < 4.78 is 0. The molecule has 3 aliphatic rings. The number of rotatable bonds is 7. The number of carbonyl (C=O) groups is 4. The SMILES string of the molecule is CCN(CC)C(=O)[C@H]1CCCN(C(=O)C2CCN(c3cccc4c3C(=O)N(Cc3ccc(Cl)cc3)C4=O)CC2)C1. The summed E-state index contributed by atoms with van der Waals surface area (Å²) >= 11 is 5.99. The lowest BCUT2D eigenvalue weighted by Gasteiger charge is -2.39. The molecule has 0 radical (unpaired) electrons. The van der Waals surface area contributed by atoms with Crippen molar-refractivity contribution in [3.63, 3.8) is 0 Å². The fourth-order valence-electron chi connectivity index (χ4n) is 6.29. The first-order valence-corrected chi connectivity index (χ1v) is 14.8. The van der Waals surface area contributed by atoms with Crippen LogP contribution in [0.15, 0.2) is 42.5 Å². The minimum absolute atomic E-state index is 0.103. The van der Waals surface area contributed by atoms with E-state index in [1.165, 1.54) is 4.90 Å². The van der Waals surface area contributed by atoms with E-state index in [2.05, 4.69) is 4.90 Å². The molecule has 4 amide bonds. The van der Waals surface area contributed by atoms with Gasteiger partial charge in [0.1, 0.15) is 0 Å². The maximum Gasteiger partial charge on any atom is 0.263 e. The second-order valence-electron chi connectivity index (χ2n) is 10.9. The molecule has 0 spiro atoms. The second-order valence-corrected chi connectivity index (χ2v) is 11.4. The molecule has 5 rings (SSSR count). The number of piperidine rings is 2. The third-order valence-electron chi connectivity index (χ3n) is 8.57. The zero-order chi connectivity index (χ0) is 28.4. The molecule has 0 bridgehead atoms. The number of benzene rings is 2. The van der Waals surface area contributed by atoms with Gasteiger partial charge < -0.3 is 14.7 Å². The second kappa shape index (κ2) is 12.0. The van der Waals surface area contributed by atoms with Crippen molar-refractivity contribution in [2.45, 2.75) is 46.1 Å². The lowest BCUT2D eigenvalue weighted by molar-refractivity contribution is -0.143. The molecule has 3 aliphatic heterocycles. The number of carbonyl (C=O) groups excluding carboxylic acids is 4. The van der Waals surface area contributed by atoms with Gasteiger partial charge in [0.15, 0.2) is 0 Å². The number of nitrogens with zero attached hydrogens (tertiary/aromatic N) is 4. The molecule has 8 nitrogen and oxygen atoms in total. The number of likely N-dealkylation sites (tertiary alicyclic amines) is 1. The van der Waals surface area contributed by atoms with Crippen molar-refractivity contribution in [1.82, 2.24) is 14.7 Å². The van der Waals surface area contributed by atoms with Gasteiger partial charge in [-0.2, -0.15) is 0 Å². The van der Waals surface area contributed by atoms with Gasteiger partial charge in [0.2, 0.25) is 11.8 Å². The highest BCUT2D eigenvalue weighted by atomic mass is 35.5. The first-order chi connectivity index (χ1) is 19.3. The molecule has 0 aliphatic carbocycles. The minimum Gasteiger partial charge on any atom is -0.371 e. The molecule has 2 saturated heterocycles. The molecule has 2 aromatic carbocycles. The number of imide groups is 1. The van der Waals surface area contributed by atoms with E-state index in [-0.39, 0.29) is 42.0 Å². The maximum atomic E-state index is 13.5. The Morgan fingerprint density at radius 2 is 1.60 bits per heavy atom. The summed E-state index contributed by atoms with van der Waals surface area (Å²) in [6, 6.07) is 12.6. The normalized spacial score (nSPS) is 19.7. The highest BCUT2D eigenvalue weighted by Crippen LogP contribution is 2.35. The van der Waals surface area contributed by atoms with Gasteiger partial charge in [0, 0.05) is 50.2 Å². The van der Waals surface area contributed by atoms with E-state index in [9.17, 15) is 19.2 Å². The van der Waals surface area contributed by atoms with Gasteiger partial charge in [-0.1, -0.05) is 29.8 Å². The van der Waals surface area contributed by atoms with Crippen LogP contribution < -0.4 is 4.90 Å². The van der Waals surface area contributed by atoms with E-state index in [4.69, 9.17) is 11.6 Å². The number of halogens is 1. The van der Waals surface area contributed by atoms with E-state index < -0.39 is 0 Å². The van der Waals surface area contributed by atoms with Crippen LogP contribution in [0.2, 0.25) is 5.02 Å². The summed E-state index contributed by atoms with van der Waals surface area (Å²) in [7, 11) is 0. The smallest absolute Gasteiger partial charge is 0.263 e. The third kappa shape index (κ3) is 5.46. The van der Waals surface area contributed by atoms with Crippen molar-refractivity contribution in [3.8, 4) is 0 Å². The van der Waals surface area contributed by atoms with E-state index in [1.54, 1.807) is 18.2 Å². The van der Waals surface area contributed by atoms with Crippen molar-refractivity contribution in [1.29, 1.82) is 0 Å². The van der Waals surface area contributed by atoms with Crippen LogP contribution in [-0.2, 0) is 16.1 Å². The van der Waals surface area contributed by atoms with Crippen LogP contribution in [-0.4, -0.2) is 77.6 Å². The molecular formula is C31H37ClN4O4. The van der Waals surface area contributed by atoms with Crippen LogP contribution in [0.5, 0.6) is 0 Å². The van der Waals surface area contributed by atoms with Crippen molar-refractivity contribution in [3.05, 3.63) is 64.2 Å².